The number of rotatable bonds is 3. The number of benzene rings is 1. The van der Waals surface area contributed by atoms with Crippen molar-refractivity contribution < 1.29 is 4.79 Å². The molecule has 3 rings (SSSR count). The lowest BCUT2D eigenvalue weighted by Crippen LogP contribution is -2.11. The molecule has 0 aliphatic carbocycles. The van der Waals surface area contributed by atoms with Gasteiger partial charge in [-0.05, 0) is 34.1 Å². The van der Waals surface area contributed by atoms with Crippen LogP contribution in [0.4, 0.5) is 5.95 Å². The third kappa shape index (κ3) is 2.93. The Balaban J connectivity index is 2.21. The summed E-state index contributed by atoms with van der Waals surface area (Å²) < 4.78 is 0.717. The third-order valence-corrected chi connectivity index (χ3v) is 4.55. The van der Waals surface area contributed by atoms with E-state index in [0.717, 1.165) is 4.47 Å². The lowest BCUT2D eigenvalue weighted by Gasteiger charge is -2.06. The number of carbonyl (C=O) groups is 1. The molecule has 2 aromatic heterocycles. The Morgan fingerprint density at radius 3 is 2.78 bits per heavy atom. The fourth-order valence-corrected chi connectivity index (χ4v) is 2.81. The van der Waals surface area contributed by atoms with Crippen LogP contribution in [0.2, 0.25) is 5.02 Å². The number of aromatic amines is 1. The monoisotopic (exact) mass is 391 g/mol. The molecule has 116 valence electrons. The highest BCUT2D eigenvalue weighted by Gasteiger charge is 2.19. The van der Waals surface area contributed by atoms with Crippen LogP contribution in [0.3, 0.4) is 0 Å². The van der Waals surface area contributed by atoms with Crippen molar-refractivity contribution in [1.82, 2.24) is 15.0 Å². The summed E-state index contributed by atoms with van der Waals surface area (Å²) in [4.78, 5) is 22.9. The van der Waals surface area contributed by atoms with Crippen molar-refractivity contribution in [2.45, 2.75) is 0 Å². The van der Waals surface area contributed by atoms with Gasteiger partial charge in [0.2, 0.25) is 5.95 Å². The summed E-state index contributed by atoms with van der Waals surface area (Å²) in [6.45, 7) is 0. The van der Waals surface area contributed by atoms with Crippen molar-refractivity contribution in [3.05, 3.63) is 51.6 Å². The van der Waals surface area contributed by atoms with Crippen LogP contribution in [0.15, 0.2) is 41.0 Å². The summed E-state index contributed by atoms with van der Waals surface area (Å²) in [5, 5.41) is 0.477. The fourth-order valence-electron chi connectivity index (χ4n) is 2.22. The Kier molecular flexibility index (Phi) is 4.06. The Morgan fingerprint density at radius 1 is 1.30 bits per heavy atom. The predicted molar refractivity (Wildman–Crippen MR) is 92.9 cm³/mol. The number of hydrogen-bond acceptors (Lipinski definition) is 4. The van der Waals surface area contributed by atoms with E-state index in [4.69, 9.17) is 23.1 Å². The molecule has 23 heavy (non-hydrogen) atoms. The molecule has 0 fully saturated rings. The molecule has 1 aromatic carbocycles. The molecule has 2 heterocycles. The molecule has 0 spiro atoms. The van der Waals surface area contributed by atoms with Gasteiger partial charge in [0.05, 0.1) is 27.7 Å². The van der Waals surface area contributed by atoms with E-state index < -0.39 is 5.91 Å². The molecule has 0 unspecified atom stereocenters. The van der Waals surface area contributed by atoms with Crippen molar-refractivity contribution in [2.75, 3.05) is 5.73 Å². The van der Waals surface area contributed by atoms with E-state index in [-0.39, 0.29) is 5.95 Å². The topological polar surface area (TPSA) is 111 Å². The SMILES string of the molecule is NC(=O)c1cc(-c2ccnc(N)n2)[nH]c1-c1cccc(Br)c1Cl. The quantitative estimate of drug-likeness (QED) is 0.635. The van der Waals surface area contributed by atoms with E-state index >= 15 is 0 Å². The fraction of sp³-hybridized carbons (Fsp3) is 0. The molecule has 1 amide bonds. The predicted octanol–water partition coefficient (Wildman–Crippen LogP) is 3.24. The number of amides is 1. The molecule has 0 saturated carbocycles. The van der Waals surface area contributed by atoms with E-state index in [1.165, 1.54) is 6.20 Å². The second-order valence-corrected chi connectivity index (χ2v) is 5.97. The minimum Gasteiger partial charge on any atom is -0.368 e. The van der Waals surface area contributed by atoms with E-state index in [1.54, 1.807) is 18.2 Å². The second kappa shape index (κ2) is 6.02. The average Bonchev–Trinajstić information content (AvgIpc) is 2.95. The van der Waals surface area contributed by atoms with Gasteiger partial charge in [0.15, 0.2) is 0 Å². The lowest BCUT2D eigenvalue weighted by molar-refractivity contribution is 0.100. The highest BCUT2D eigenvalue weighted by Crippen LogP contribution is 2.36. The molecule has 0 bridgehead atoms. The zero-order valence-corrected chi connectivity index (χ0v) is 14.0. The van der Waals surface area contributed by atoms with Crippen LogP contribution in [0.5, 0.6) is 0 Å². The first-order valence-electron chi connectivity index (χ1n) is 6.53. The summed E-state index contributed by atoms with van der Waals surface area (Å²) in [6.07, 6.45) is 1.54. The first-order valence-corrected chi connectivity index (χ1v) is 7.70. The standard InChI is InChI=1S/C15H11BrClN5O/c16-9-3-1-2-7(12(9)17)13-8(14(18)23)6-11(21-13)10-4-5-20-15(19)22-10/h1-6,21H,(H2,18,23)(H2,19,20,22). The van der Waals surface area contributed by atoms with Crippen LogP contribution >= 0.6 is 27.5 Å². The van der Waals surface area contributed by atoms with E-state index in [9.17, 15) is 4.79 Å². The number of hydrogen-bond donors (Lipinski definition) is 3. The van der Waals surface area contributed by atoms with Gasteiger partial charge in [-0.25, -0.2) is 9.97 Å². The van der Waals surface area contributed by atoms with E-state index in [1.807, 2.05) is 12.1 Å². The van der Waals surface area contributed by atoms with Gasteiger partial charge in [0.25, 0.3) is 5.91 Å². The van der Waals surface area contributed by atoms with E-state index in [2.05, 4.69) is 30.9 Å². The molecule has 0 aliphatic rings. The van der Waals surface area contributed by atoms with Crippen LogP contribution in [0.1, 0.15) is 10.4 Å². The molecule has 0 aliphatic heterocycles. The van der Waals surface area contributed by atoms with Gasteiger partial charge >= 0.3 is 0 Å². The molecule has 5 N–H and O–H groups in total. The first kappa shape index (κ1) is 15.5. The van der Waals surface area contributed by atoms with Gasteiger partial charge in [0, 0.05) is 16.2 Å². The van der Waals surface area contributed by atoms with Gasteiger partial charge in [-0.3, -0.25) is 4.79 Å². The van der Waals surface area contributed by atoms with Crippen molar-refractivity contribution in [3.63, 3.8) is 0 Å². The van der Waals surface area contributed by atoms with Crippen molar-refractivity contribution >= 4 is 39.4 Å². The zero-order chi connectivity index (χ0) is 16.6. The van der Waals surface area contributed by atoms with Crippen LogP contribution in [0.25, 0.3) is 22.6 Å². The number of H-pyrrole nitrogens is 1. The maximum Gasteiger partial charge on any atom is 0.250 e. The lowest BCUT2D eigenvalue weighted by atomic mass is 10.1. The third-order valence-electron chi connectivity index (χ3n) is 3.25. The molecule has 3 aromatic rings. The minimum atomic E-state index is -0.569. The second-order valence-electron chi connectivity index (χ2n) is 4.74. The number of nitrogens with one attached hydrogen (secondary N) is 1. The number of primary amides is 1. The summed E-state index contributed by atoms with van der Waals surface area (Å²) in [5.41, 5.74) is 13.7. The number of halogens is 2. The summed E-state index contributed by atoms with van der Waals surface area (Å²) in [6, 6.07) is 8.73. The zero-order valence-electron chi connectivity index (χ0n) is 11.7. The van der Waals surface area contributed by atoms with Gasteiger partial charge in [-0.2, -0.15) is 0 Å². The molecule has 6 nitrogen and oxygen atoms in total. The van der Waals surface area contributed by atoms with Gasteiger partial charge in [-0.1, -0.05) is 23.7 Å². The normalized spacial score (nSPS) is 10.7. The maximum atomic E-state index is 11.8. The van der Waals surface area contributed by atoms with Gasteiger partial charge in [0.1, 0.15) is 0 Å². The van der Waals surface area contributed by atoms with E-state index in [0.29, 0.717) is 33.2 Å². The Bertz CT molecular complexity index is 909. The molecule has 0 radical (unpaired) electrons. The molecule has 0 saturated heterocycles. The number of nitrogens with zero attached hydrogens (tertiary/aromatic N) is 2. The molecular weight excluding hydrogens is 382 g/mol. The van der Waals surface area contributed by atoms with Crippen molar-refractivity contribution in [3.8, 4) is 22.6 Å². The number of anilines is 1. The first-order chi connectivity index (χ1) is 11.0. The van der Waals surface area contributed by atoms with Gasteiger partial charge in [-0.15, -0.1) is 0 Å². The van der Waals surface area contributed by atoms with Crippen molar-refractivity contribution in [2.24, 2.45) is 5.73 Å². The van der Waals surface area contributed by atoms with Crippen LogP contribution in [-0.4, -0.2) is 20.9 Å². The molecule has 0 atom stereocenters. The molecular formula is C15H11BrClN5O. The summed E-state index contributed by atoms with van der Waals surface area (Å²) >= 11 is 9.69. The minimum absolute atomic E-state index is 0.139. The number of nitrogens with two attached hydrogens (primary N) is 2. The average molecular weight is 393 g/mol. The van der Waals surface area contributed by atoms with Crippen LogP contribution in [0, 0.1) is 0 Å². The summed E-state index contributed by atoms with van der Waals surface area (Å²) in [5.74, 6) is -0.430. The highest BCUT2D eigenvalue weighted by atomic mass is 79.9. The maximum absolute atomic E-state index is 11.8. The number of nitrogen functional groups attached to an aromatic ring is 1. The largest absolute Gasteiger partial charge is 0.368 e. The van der Waals surface area contributed by atoms with Crippen molar-refractivity contribution in [1.29, 1.82) is 0 Å². The number of carbonyl (C=O) groups excluding carboxylic acids is 1. The Morgan fingerprint density at radius 2 is 2.09 bits per heavy atom. The summed E-state index contributed by atoms with van der Waals surface area (Å²) in [7, 11) is 0. The Labute approximate surface area is 145 Å². The van der Waals surface area contributed by atoms with Gasteiger partial charge < -0.3 is 16.5 Å². The Hall–Kier alpha value is -2.38. The van der Waals surface area contributed by atoms with Crippen LogP contribution < -0.4 is 11.5 Å². The highest BCUT2D eigenvalue weighted by molar-refractivity contribution is 9.10. The van der Waals surface area contributed by atoms with Crippen LogP contribution in [-0.2, 0) is 0 Å². The smallest absolute Gasteiger partial charge is 0.250 e. The number of aromatic nitrogens is 3. The molecule has 8 heteroatoms.